The fourth-order valence-electron chi connectivity index (χ4n) is 2.55. The fraction of sp³-hybridized carbons (Fsp3) is 0.412. The van der Waals surface area contributed by atoms with E-state index in [0.717, 1.165) is 23.7 Å². The molecule has 21 heavy (non-hydrogen) atoms. The van der Waals surface area contributed by atoms with Gasteiger partial charge in [0.05, 0.1) is 24.5 Å². The summed E-state index contributed by atoms with van der Waals surface area (Å²) in [6.07, 6.45) is 0. The lowest BCUT2D eigenvalue weighted by Gasteiger charge is -2.22. The van der Waals surface area contributed by atoms with Gasteiger partial charge in [-0.3, -0.25) is 0 Å². The molecule has 0 saturated heterocycles. The van der Waals surface area contributed by atoms with Crippen molar-refractivity contribution in [2.45, 2.75) is 33.7 Å². The molecule has 0 aliphatic carbocycles. The van der Waals surface area contributed by atoms with Crippen LogP contribution in [0.1, 0.15) is 41.0 Å². The lowest BCUT2D eigenvalue weighted by atomic mass is 9.94. The van der Waals surface area contributed by atoms with Gasteiger partial charge in [-0.05, 0) is 62.2 Å². The summed E-state index contributed by atoms with van der Waals surface area (Å²) < 4.78 is 5.30. The Balaban J connectivity index is 2.50. The molecule has 1 heterocycles. The van der Waals surface area contributed by atoms with Crippen LogP contribution >= 0.6 is 0 Å². The molecular formula is C17H23N3O. The van der Waals surface area contributed by atoms with Crippen LogP contribution in [0.4, 0.5) is 0 Å². The van der Waals surface area contributed by atoms with Gasteiger partial charge in [0.2, 0.25) is 0 Å². The second-order valence-electron chi connectivity index (χ2n) is 5.24. The van der Waals surface area contributed by atoms with Gasteiger partial charge in [-0.2, -0.15) is 10.2 Å². The SMILES string of the molecule is CCNC(c1ccc(OC)cc1C)c1cc(C)nnc1C. The molecule has 1 aromatic heterocycles. The summed E-state index contributed by atoms with van der Waals surface area (Å²) in [6, 6.07) is 8.42. The van der Waals surface area contributed by atoms with Crippen LogP contribution in [0.15, 0.2) is 24.3 Å². The summed E-state index contributed by atoms with van der Waals surface area (Å²) in [5.74, 6) is 0.882. The molecule has 0 aliphatic heterocycles. The van der Waals surface area contributed by atoms with E-state index in [2.05, 4.69) is 47.6 Å². The van der Waals surface area contributed by atoms with Gasteiger partial charge in [0, 0.05) is 0 Å². The minimum absolute atomic E-state index is 0.120. The highest BCUT2D eigenvalue weighted by Gasteiger charge is 2.18. The number of nitrogens with zero attached hydrogens (tertiary/aromatic N) is 2. The number of aromatic nitrogens is 2. The molecule has 112 valence electrons. The summed E-state index contributed by atoms with van der Waals surface area (Å²) in [7, 11) is 1.69. The van der Waals surface area contributed by atoms with E-state index in [0.29, 0.717) is 0 Å². The Labute approximate surface area is 126 Å². The molecule has 0 saturated carbocycles. The summed E-state index contributed by atoms with van der Waals surface area (Å²) in [4.78, 5) is 0. The highest BCUT2D eigenvalue weighted by atomic mass is 16.5. The van der Waals surface area contributed by atoms with Crippen molar-refractivity contribution in [2.24, 2.45) is 0 Å². The van der Waals surface area contributed by atoms with Gasteiger partial charge >= 0.3 is 0 Å². The van der Waals surface area contributed by atoms with Gasteiger partial charge < -0.3 is 10.1 Å². The molecule has 0 spiro atoms. The Hall–Kier alpha value is -1.94. The summed E-state index contributed by atoms with van der Waals surface area (Å²) in [6.45, 7) is 9.09. The highest BCUT2D eigenvalue weighted by Crippen LogP contribution is 2.29. The number of methoxy groups -OCH3 is 1. The van der Waals surface area contributed by atoms with E-state index in [-0.39, 0.29) is 6.04 Å². The molecule has 1 aromatic carbocycles. The van der Waals surface area contributed by atoms with Crippen LogP contribution in [0.3, 0.4) is 0 Å². The first-order chi connectivity index (χ1) is 10.1. The maximum Gasteiger partial charge on any atom is 0.119 e. The average Bonchev–Trinajstić information content (AvgIpc) is 2.48. The highest BCUT2D eigenvalue weighted by molar-refractivity contribution is 5.42. The molecule has 0 aliphatic rings. The van der Waals surface area contributed by atoms with Crippen LogP contribution < -0.4 is 10.1 Å². The maximum absolute atomic E-state index is 5.30. The van der Waals surface area contributed by atoms with E-state index < -0.39 is 0 Å². The van der Waals surface area contributed by atoms with Crippen molar-refractivity contribution in [1.82, 2.24) is 15.5 Å². The van der Waals surface area contributed by atoms with Crippen LogP contribution in [0.5, 0.6) is 5.75 Å². The predicted octanol–water partition coefficient (Wildman–Crippen LogP) is 3.11. The van der Waals surface area contributed by atoms with Crippen LogP contribution in [-0.2, 0) is 0 Å². The number of hydrogen-bond acceptors (Lipinski definition) is 4. The summed E-state index contributed by atoms with van der Waals surface area (Å²) in [5, 5.41) is 11.9. The molecule has 4 heteroatoms. The monoisotopic (exact) mass is 285 g/mol. The molecule has 0 bridgehead atoms. The molecule has 4 nitrogen and oxygen atoms in total. The third-order valence-corrected chi connectivity index (χ3v) is 3.65. The van der Waals surface area contributed by atoms with Crippen LogP contribution in [0, 0.1) is 20.8 Å². The van der Waals surface area contributed by atoms with E-state index in [1.54, 1.807) is 7.11 Å². The van der Waals surface area contributed by atoms with Crippen molar-refractivity contribution in [1.29, 1.82) is 0 Å². The van der Waals surface area contributed by atoms with Crippen LogP contribution in [0.25, 0.3) is 0 Å². The second-order valence-corrected chi connectivity index (χ2v) is 5.24. The van der Waals surface area contributed by atoms with Crippen molar-refractivity contribution in [3.63, 3.8) is 0 Å². The first-order valence-corrected chi connectivity index (χ1v) is 7.25. The molecule has 0 amide bonds. The van der Waals surface area contributed by atoms with Gasteiger partial charge in [-0.15, -0.1) is 0 Å². The van der Waals surface area contributed by atoms with Gasteiger partial charge in [-0.25, -0.2) is 0 Å². The predicted molar refractivity (Wildman–Crippen MR) is 84.8 cm³/mol. The average molecular weight is 285 g/mol. The van der Waals surface area contributed by atoms with Gasteiger partial charge in [0.1, 0.15) is 5.75 Å². The first-order valence-electron chi connectivity index (χ1n) is 7.25. The number of benzene rings is 1. The quantitative estimate of drug-likeness (QED) is 0.917. The van der Waals surface area contributed by atoms with Crippen molar-refractivity contribution in [2.75, 3.05) is 13.7 Å². The zero-order chi connectivity index (χ0) is 15.4. The molecule has 0 radical (unpaired) electrons. The fourth-order valence-corrected chi connectivity index (χ4v) is 2.55. The lowest BCUT2D eigenvalue weighted by Crippen LogP contribution is -2.24. The minimum Gasteiger partial charge on any atom is -0.497 e. The molecule has 1 atom stereocenters. The van der Waals surface area contributed by atoms with Crippen molar-refractivity contribution in [3.8, 4) is 5.75 Å². The van der Waals surface area contributed by atoms with Gasteiger partial charge in [0.25, 0.3) is 0 Å². The molecular weight excluding hydrogens is 262 g/mol. The van der Waals surface area contributed by atoms with E-state index >= 15 is 0 Å². The molecule has 2 aromatic rings. The van der Waals surface area contributed by atoms with Gasteiger partial charge in [-0.1, -0.05) is 13.0 Å². The normalized spacial score (nSPS) is 12.2. The van der Waals surface area contributed by atoms with E-state index in [1.807, 2.05) is 19.9 Å². The number of hydrogen-bond donors (Lipinski definition) is 1. The summed E-state index contributed by atoms with van der Waals surface area (Å²) >= 11 is 0. The third kappa shape index (κ3) is 3.39. The largest absolute Gasteiger partial charge is 0.497 e. The van der Waals surface area contributed by atoms with Crippen LogP contribution in [0.2, 0.25) is 0 Å². The third-order valence-electron chi connectivity index (χ3n) is 3.65. The molecule has 2 rings (SSSR count). The topological polar surface area (TPSA) is 47.0 Å². The smallest absolute Gasteiger partial charge is 0.119 e. The Morgan fingerprint density at radius 2 is 1.86 bits per heavy atom. The van der Waals surface area contributed by atoms with E-state index in [4.69, 9.17) is 4.74 Å². The zero-order valence-electron chi connectivity index (χ0n) is 13.4. The van der Waals surface area contributed by atoms with Gasteiger partial charge in [0.15, 0.2) is 0 Å². The Kier molecular flexibility index (Phi) is 4.91. The Morgan fingerprint density at radius 1 is 1.10 bits per heavy atom. The first kappa shape index (κ1) is 15.4. The zero-order valence-corrected chi connectivity index (χ0v) is 13.4. The Morgan fingerprint density at radius 3 is 2.48 bits per heavy atom. The molecule has 0 fully saturated rings. The number of rotatable bonds is 5. The number of nitrogens with one attached hydrogen (secondary N) is 1. The van der Waals surface area contributed by atoms with E-state index in [1.165, 1.54) is 16.7 Å². The molecule has 1 unspecified atom stereocenters. The molecule has 1 N–H and O–H groups in total. The standard InChI is InChI=1S/C17H23N3O/c1-6-18-17(16-10-12(3)19-20-13(16)4)15-8-7-14(21-5)9-11(15)2/h7-10,17-18H,6H2,1-5H3. The maximum atomic E-state index is 5.30. The van der Waals surface area contributed by atoms with E-state index in [9.17, 15) is 0 Å². The van der Waals surface area contributed by atoms with Crippen molar-refractivity contribution >= 4 is 0 Å². The van der Waals surface area contributed by atoms with Crippen molar-refractivity contribution in [3.05, 3.63) is 52.3 Å². The lowest BCUT2D eigenvalue weighted by molar-refractivity contribution is 0.414. The second kappa shape index (κ2) is 6.68. The Bertz CT molecular complexity index is 625. The van der Waals surface area contributed by atoms with Crippen molar-refractivity contribution < 1.29 is 4.74 Å². The number of aryl methyl sites for hydroxylation is 3. The number of ether oxygens (including phenoxy) is 1. The minimum atomic E-state index is 0.120. The summed E-state index contributed by atoms with van der Waals surface area (Å²) in [5.41, 5.74) is 5.52. The van der Waals surface area contributed by atoms with Crippen LogP contribution in [-0.4, -0.2) is 23.9 Å².